The summed E-state index contributed by atoms with van der Waals surface area (Å²) < 4.78 is 0. The van der Waals surface area contributed by atoms with E-state index in [9.17, 15) is 4.79 Å². The van der Waals surface area contributed by atoms with Crippen molar-refractivity contribution in [3.05, 3.63) is 12.2 Å². The van der Waals surface area contributed by atoms with Crippen LogP contribution in [0.25, 0.3) is 0 Å². The molecule has 2 aliphatic rings. The van der Waals surface area contributed by atoms with E-state index in [4.69, 9.17) is 10.8 Å². The minimum atomic E-state index is -0.973. The van der Waals surface area contributed by atoms with Gasteiger partial charge in [-0.3, -0.25) is 4.90 Å². The highest BCUT2D eigenvalue weighted by Crippen LogP contribution is 2.16. The van der Waals surface area contributed by atoms with Crippen molar-refractivity contribution in [2.75, 3.05) is 6.54 Å². The summed E-state index contributed by atoms with van der Waals surface area (Å²) in [5.74, 6) is 0.299. The summed E-state index contributed by atoms with van der Waals surface area (Å²) in [6.45, 7) is 0.370. The lowest BCUT2D eigenvalue weighted by molar-refractivity contribution is 0.127. The maximum atomic E-state index is 10.8. The fraction of sp³-hybridized carbons (Fsp3) is 0.429. The maximum absolute atomic E-state index is 10.8. The van der Waals surface area contributed by atoms with Crippen LogP contribution in [0.1, 0.15) is 0 Å². The van der Waals surface area contributed by atoms with Crippen LogP contribution in [-0.4, -0.2) is 40.8 Å². The summed E-state index contributed by atoms with van der Waals surface area (Å²) in [4.78, 5) is 16.0. The van der Waals surface area contributed by atoms with Gasteiger partial charge in [0.1, 0.15) is 0 Å². The lowest BCUT2D eigenvalue weighted by atomic mass is 10.1. The van der Waals surface area contributed by atoms with E-state index >= 15 is 0 Å². The van der Waals surface area contributed by atoms with Gasteiger partial charge in [0.25, 0.3) is 0 Å². The molecule has 0 fully saturated rings. The lowest BCUT2D eigenvalue weighted by Crippen LogP contribution is -2.49. The number of guanidine groups is 1. The Morgan fingerprint density at radius 1 is 1.85 bits per heavy atom. The highest BCUT2D eigenvalue weighted by molar-refractivity contribution is 5.81. The SMILES string of the molecule is NC1=N[C@H]2[C@H](C=CCN2C(=O)O)N1. The normalized spacial score (nSPS) is 30.8. The van der Waals surface area contributed by atoms with Crippen LogP contribution in [-0.2, 0) is 0 Å². The molecule has 2 aliphatic heterocycles. The summed E-state index contributed by atoms with van der Waals surface area (Å²) in [6.07, 6.45) is 2.30. The van der Waals surface area contributed by atoms with Crippen LogP contribution in [0.3, 0.4) is 0 Å². The van der Waals surface area contributed by atoms with Gasteiger partial charge in [-0.15, -0.1) is 0 Å². The van der Waals surface area contributed by atoms with Crippen LogP contribution in [0.2, 0.25) is 0 Å². The number of aliphatic imine (C=N–C) groups is 1. The lowest BCUT2D eigenvalue weighted by Gasteiger charge is -2.29. The van der Waals surface area contributed by atoms with Crippen LogP contribution in [0.15, 0.2) is 17.1 Å². The Morgan fingerprint density at radius 3 is 3.31 bits per heavy atom. The summed E-state index contributed by atoms with van der Waals surface area (Å²) in [5.41, 5.74) is 5.44. The van der Waals surface area contributed by atoms with E-state index in [1.807, 2.05) is 6.08 Å². The van der Waals surface area contributed by atoms with Crippen molar-refractivity contribution < 1.29 is 9.90 Å². The highest BCUT2D eigenvalue weighted by atomic mass is 16.4. The molecule has 0 bridgehead atoms. The zero-order chi connectivity index (χ0) is 9.42. The first-order valence-corrected chi connectivity index (χ1v) is 3.94. The molecule has 2 heterocycles. The topological polar surface area (TPSA) is 91.0 Å². The number of nitrogens with two attached hydrogens (primary N) is 1. The second-order valence-corrected chi connectivity index (χ2v) is 2.96. The summed E-state index contributed by atoms with van der Waals surface area (Å²) >= 11 is 0. The second-order valence-electron chi connectivity index (χ2n) is 2.96. The average molecular weight is 182 g/mol. The molecule has 13 heavy (non-hydrogen) atoms. The minimum absolute atomic E-state index is 0.107. The number of nitrogens with one attached hydrogen (secondary N) is 1. The van der Waals surface area contributed by atoms with Gasteiger partial charge in [0, 0.05) is 6.54 Å². The van der Waals surface area contributed by atoms with E-state index in [-0.39, 0.29) is 6.04 Å². The third-order valence-electron chi connectivity index (χ3n) is 2.12. The molecule has 0 aliphatic carbocycles. The molecular formula is C7H10N4O2. The van der Waals surface area contributed by atoms with E-state index in [1.54, 1.807) is 6.08 Å². The number of hydrogen-bond acceptors (Lipinski definition) is 4. The van der Waals surface area contributed by atoms with E-state index in [0.29, 0.717) is 12.5 Å². The first kappa shape index (κ1) is 7.90. The molecule has 70 valence electrons. The molecule has 6 heteroatoms. The van der Waals surface area contributed by atoms with Crippen molar-refractivity contribution in [1.82, 2.24) is 10.2 Å². The van der Waals surface area contributed by atoms with Crippen molar-refractivity contribution in [1.29, 1.82) is 0 Å². The first-order valence-electron chi connectivity index (χ1n) is 3.94. The highest BCUT2D eigenvalue weighted by Gasteiger charge is 2.35. The third-order valence-corrected chi connectivity index (χ3v) is 2.12. The van der Waals surface area contributed by atoms with Crippen LogP contribution < -0.4 is 11.1 Å². The Kier molecular flexibility index (Phi) is 1.61. The van der Waals surface area contributed by atoms with Gasteiger partial charge in [-0.2, -0.15) is 0 Å². The summed E-state index contributed by atoms with van der Waals surface area (Å²) in [6, 6.07) is -0.107. The van der Waals surface area contributed by atoms with Gasteiger partial charge in [-0.1, -0.05) is 12.2 Å². The molecule has 0 saturated carbocycles. The monoisotopic (exact) mass is 182 g/mol. The Balaban J connectivity index is 2.24. The average Bonchev–Trinajstić information content (AvgIpc) is 2.43. The Hall–Kier alpha value is -1.72. The van der Waals surface area contributed by atoms with Gasteiger partial charge in [0.2, 0.25) is 0 Å². The van der Waals surface area contributed by atoms with E-state index in [0.717, 1.165) is 0 Å². The maximum Gasteiger partial charge on any atom is 0.409 e. The molecule has 6 nitrogen and oxygen atoms in total. The first-order chi connectivity index (χ1) is 6.18. The molecule has 2 rings (SSSR count). The molecule has 0 saturated heterocycles. The van der Waals surface area contributed by atoms with Crippen molar-refractivity contribution in [2.45, 2.75) is 12.2 Å². The van der Waals surface area contributed by atoms with Gasteiger partial charge in [0.15, 0.2) is 12.1 Å². The molecule has 0 radical (unpaired) electrons. The minimum Gasteiger partial charge on any atom is -0.465 e. The Morgan fingerprint density at radius 2 is 2.62 bits per heavy atom. The van der Waals surface area contributed by atoms with Crippen LogP contribution in [0.5, 0.6) is 0 Å². The molecule has 0 unspecified atom stereocenters. The van der Waals surface area contributed by atoms with Crippen LogP contribution in [0, 0.1) is 0 Å². The van der Waals surface area contributed by atoms with Crippen molar-refractivity contribution in [2.24, 2.45) is 10.7 Å². The fourth-order valence-corrected chi connectivity index (χ4v) is 1.54. The zero-order valence-electron chi connectivity index (χ0n) is 6.84. The number of fused-ring (bicyclic) bond motifs is 1. The predicted molar refractivity (Wildman–Crippen MR) is 46.2 cm³/mol. The van der Waals surface area contributed by atoms with E-state index < -0.39 is 12.3 Å². The van der Waals surface area contributed by atoms with Gasteiger partial charge < -0.3 is 16.2 Å². The van der Waals surface area contributed by atoms with Gasteiger partial charge in [0.05, 0.1) is 6.04 Å². The second kappa shape index (κ2) is 2.65. The van der Waals surface area contributed by atoms with Crippen molar-refractivity contribution in [3.8, 4) is 0 Å². The van der Waals surface area contributed by atoms with E-state index in [2.05, 4.69) is 10.3 Å². The largest absolute Gasteiger partial charge is 0.465 e. The Bertz CT molecular complexity index is 299. The van der Waals surface area contributed by atoms with Gasteiger partial charge >= 0.3 is 6.09 Å². The molecule has 2 atom stereocenters. The van der Waals surface area contributed by atoms with Gasteiger partial charge in [-0.25, -0.2) is 9.79 Å². The molecule has 1 amide bonds. The molecule has 0 aromatic carbocycles. The Labute approximate surface area is 74.7 Å². The number of carboxylic acid groups (broad SMARTS) is 1. The van der Waals surface area contributed by atoms with Crippen LogP contribution in [0.4, 0.5) is 4.79 Å². The molecule has 4 N–H and O–H groups in total. The number of hydrogen-bond donors (Lipinski definition) is 3. The molecular weight excluding hydrogens is 172 g/mol. The third kappa shape index (κ3) is 1.20. The van der Waals surface area contributed by atoms with Crippen molar-refractivity contribution >= 4 is 12.1 Å². The molecule has 0 aromatic rings. The van der Waals surface area contributed by atoms with Crippen molar-refractivity contribution in [3.63, 3.8) is 0 Å². The predicted octanol–water partition coefficient (Wildman–Crippen LogP) is -0.851. The zero-order valence-corrected chi connectivity index (χ0v) is 6.84. The number of amides is 1. The van der Waals surface area contributed by atoms with Crippen LogP contribution >= 0.6 is 0 Å². The quantitative estimate of drug-likeness (QED) is 0.425. The number of nitrogens with zero attached hydrogens (tertiary/aromatic N) is 2. The number of carbonyl (C=O) groups is 1. The summed E-state index contributed by atoms with van der Waals surface area (Å²) in [7, 11) is 0. The molecule has 0 spiro atoms. The standard InChI is InChI=1S/C7H10N4O2/c8-6-9-4-2-1-3-11(7(12)13)5(4)10-6/h1-2,4-5H,3H2,(H,12,13)(H3,8,9,10)/t4-,5+/m0/s1. The fourth-order valence-electron chi connectivity index (χ4n) is 1.54. The molecule has 0 aromatic heterocycles. The smallest absolute Gasteiger partial charge is 0.409 e. The summed E-state index contributed by atoms with van der Waals surface area (Å²) in [5, 5.41) is 11.7. The number of rotatable bonds is 0. The van der Waals surface area contributed by atoms with Gasteiger partial charge in [-0.05, 0) is 0 Å². The van der Waals surface area contributed by atoms with E-state index in [1.165, 1.54) is 4.90 Å².